The topological polar surface area (TPSA) is 102 Å². The fourth-order valence-corrected chi connectivity index (χ4v) is 5.82. The van der Waals surface area contributed by atoms with E-state index in [2.05, 4.69) is 23.9 Å². The molecule has 3 unspecified atom stereocenters. The van der Waals surface area contributed by atoms with Gasteiger partial charge in [-0.05, 0) is 61.6 Å². The predicted octanol–water partition coefficient (Wildman–Crippen LogP) is 3.84. The molecule has 35 heavy (non-hydrogen) atoms. The molecular formula is C26H32N4O4S. The lowest BCUT2D eigenvalue weighted by Crippen LogP contribution is -2.43. The van der Waals surface area contributed by atoms with Crippen LogP contribution >= 0.6 is 0 Å². The van der Waals surface area contributed by atoms with Gasteiger partial charge in [0.15, 0.2) is 0 Å². The minimum absolute atomic E-state index is 0.0152. The minimum atomic E-state index is -4.04. The molecule has 0 aliphatic heterocycles. The fourth-order valence-electron chi connectivity index (χ4n) is 4.70. The number of nitrogens with one attached hydrogen (secondary N) is 2. The van der Waals surface area contributed by atoms with Crippen LogP contribution < -0.4 is 15.6 Å². The van der Waals surface area contributed by atoms with Crippen LogP contribution in [0.5, 0.6) is 0 Å². The van der Waals surface area contributed by atoms with Crippen molar-refractivity contribution in [2.24, 2.45) is 18.9 Å². The Morgan fingerprint density at radius 1 is 1.00 bits per heavy atom. The number of benzene rings is 2. The SMILES string of the molecule is Cc1c(NS(=O)(=O)c2ccc(C(=O)NC3CCCC(C)C3C)cc2)c(=O)n(-c2ccccc2)n1C. The van der Waals surface area contributed by atoms with Gasteiger partial charge in [-0.25, -0.2) is 13.1 Å². The first-order valence-corrected chi connectivity index (χ1v) is 13.4. The summed E-state index contributed by atoms with van der Waals surface area (Å²) in [6.45, 7) is 6.05. The van der Waals surface area contributed by atoms with Gasteiger partial charge >= 0.3 is 0 Å². The highest BCUT2D eigenvalue weighted by Gasteiger charge is 2.28. The van der Waals surface area contributed by atoms with E-state index >= 15 is 0 Å². The molecule has 1 fully saturated rings. The van der Waals surface area contributed by atoms with Gasteiger partial charge in [0.1, 0.15) is 5.69 Å². The summed E-state index contributed by atoms with van der Waals surface area (Å²) in [6, 6.07) is 14.9. The number of carbonyl (C=O) groups is 1. The molecule has 0 radical (unpaired) electrons. The molecule has 1 heterocycles. The molecule has 2 aromatic carbocycles. The van der Waals surface area contributed by atoms with Crippen molar-refractivity contribution in [1.82, 2.24) is 14.7 Å². The molecule has 1 aromatic heterocycles. The third-order valence-electron chi connectivity index (χ3n) is 7.24. The van der Waals surface area contributed by atoms with Gasteiger partial charge in [-0.2, -0.15) is 0 Å². The molecule has 1 amide bonds. The standard InChI is InChI=1S/C26H32N4O4S/c1-17-9-8-12-23(18(17)2)27-25(31)20-13-15-22(16-14-20)35(33,34)28-24-19(3)29(4)30(26(24)32)21-10-6-5-7-11-21/h5-7,10-11,13-18,23,28H,8-9,12H2,1-4H3,(H,27,31). The average Bonchev–Trinajstić information content (AvgIpc) is 3.05. The summed E-state index contributed by atoms with van der Waals surface area (Å²) in [5, 5.41) is 3.10. The maximum Gasteiger partial charge on any atom is 0.296 e. The first-order valence-electron chi connectivity index (χ1n) is 11.9. The van der Waals surface area contributed by atoms with E-state index in [4.69, 9.17) is 0 Å². The largest absolute Gasteiger partial charge is 0.349 e. The van der Waals surface area contributed by atoms with E-state index in [9.17, 15) is 18.0 Å². The molecule has 186 valence electrons. The zero-order chi connectivity index (χ0) is 25.3. The van der Waals surface area contributed by atoms with Gasteiger partial charge < -0.3 is 5.32 Å². The van der Waals surface area contributed by atoms with E-state index < -0.39 is 15.6 Å². The van der Waals surface area contributed by atoms with E-state index in [0.29, 0.717) is 28.8 Å². The van der Waals surface area contributed by atoms with Crippen molar-refractivity contribution in [3.05, 3.63) is 76.2 Å². The zero-order valence-corrected chi connectivity index (χ0v) is 21.3. The maximum atomic E-state index is 13.1. The Bertz CT molecular complexity index is 1380. The summed E-state index contributed by atoms with van der Waals surface area (Å²) in [5.74, 6) is 0.740. The quantitative estimate of drug-likeness (QED) is 0.541. The highest BCUT2D eigenvalue weighted by atomic mass is 32.2. The third-order valence-corrected chi connectivity index (χ3v) is 8.61. The summed E-state index contributed by atoms with van der Waals surface area (Å²) in [4.78, 5) is 25.8. The third kappa shape index (κ3) is 4.91. The van der Waals surface area contributed by atoms with Crippen LogP contribution in [0.25, 0.3) is 5.69 Å². The van der Waals surface area contributed by atoms with E-state index in [1.165, 1.54) is 35.4 Å². The van der Waals surface area contributed by atoms with Gasteiger partial charge in [-0.1, -0.05) is 44.9 Å². The zero-order valence-electron chi connectivity index (χ0n) is 20.5. The molecule has 2 N–H and O–H groups in total. The van der Waals surface area contributed by atoms with Crippen LogP contribution in [0.15, 0.2) is 64.3 Å². The smallest absolute Gasteiger partial charge is 0.296 e. The lowest BCUT2D eigenvalue weighted by Gasteiger charge is -2.34. The highest BCUT2D eigenvalue weighted by Crippen LogP contribution is 2.29. The monoisotopic (exact) mass is 496 g/mol. The first-order chi connectivity index (χ1) is 16.6. The summed E-state index contributed by atoms with van der Waals surface area (Å²) < 4.78 is 31.6. The number of aromatic nitrogens is 2. The molecule has 4 rings (SSSR count). The van der Waals surface area contributed by atoms with Crippen molar-refractivity contribution >= 4 is 21.6 Å². The second kappa shape index (κ2) is 9.73. The Kier molecular flexibility index (Phi) is 6.89. The number of nitrogens with zero attached hydrogens (tertiary/aromatic N) is 2. The summed E-state index contributed by atoms with van der Waals surface area (Å²) in [6.07, 6.45) is 3.21. The van der Waals surface area contributed by atoms with Gasteiger partial charge in [0.25, 0.3) is 21.5 Å². The second-order valence-corrected chi connectivity index (χ2v) is 11.1. The number of anilines is 1. The van der Waals surface area contributed by atoms with Crippen LogP contribution in [0.4, 0.5) is 5.69 Å². The summed E-state index contributed by atoms with van der Waals surface area (Å²) in [7, 11) is -2.34. The van der Waals surface area contributed by atoms with Gasteiger partial charge in [0, 0.05) is 18.7 Å². The number of hydrogen-bond acceptors (Lipinski definition) is 4. The van der Waals surface area contributed by atoms with Crippen LogP contribution in [0.1, 0.15) is 49.2 Å². The number of para-hydroxylation sites is 1. The van der Waals surface area contributed by atoms with Gasteiger partial charge in [-0.15, -0.1) is 0 Å². The number of sulfonamides is 1. The molecule has 3 aromatic rings. The molecule has 0 bridgehead atoms. The number of amides is 1. The molecular weight excluding hydrogens is 464 g/mol. The van der Waals surface area contributed by atoms with Crippen LogP contribution in [-0.2, 0) is 17.1 Å². The normalized spacial score (nSPS) is 20.4. The van der Waals surface area contributed by atoms with Crippen molar-refractivity contribution in [3.63, 3.8) is 0 Å². The molecule has 1 aliphatic carbocycles. The number of hydrogen-bond donors (Lipinski definition) is 2. The molecule has 1 aliphatic rings. The molecule has 9 heteroatoms. The number of carbonyl (C=O) groups excluding carboxylic acids is 1. The van der Waals surface area contributed by atoms with E-state index in [1.807, 2.05) is 6.07 Å². The van der Waals surface area contributed by atoms with Gasteiger partial charge in [-0.3, -0.25) is 19.0 Å². The average molecular weight is 497 g/mol. The van der Waals surface area contributed by atoms with Crippen molar-refractivity contribution in [3.8, 4) is 5.69 Å². The minimum Gasteiger partial charge on any atom is -0.349 e. The summed E-state index contributed by atoms with van der Waals surface area (Å²) in [5.41, 5.74) is 1.03. The van der Waals surface area contributed by atoms with E-state index in [1.54, 1.807) is 42.9 Å². The van der Waals surface area contributed by atoms with Gasteiger partial charge in [0.2, 0.25) is 0 Å². The van der Waals surface area contributed by atoms with Crippen LogP contribution in [0, 0.1) is 18.8 Å². The van der Waals surface area contributed by atoms with Crippen molar-refractivity contribution in [2.75, 3.05) is 4.72 Å². The Morgan fingerprint density at radius 2 is 1.66 bits per heavy atom. The molecule has 8 nitrogen and oxygen atoms in total. The Hall–Kier alpha value is -3.33. The summed E-state index contributed by atoms with van der Waals surface area (Å²) >= 11 is 0. The van der Waals surface area contributed by atoms with Crippen LogP contribution in [0.3, 0.4) is 0 Å². The van der Waals surface area contributed by atoms with Crippen molar-refractivity contribution < 1.29 is 13.2 Å². The predicted molar refractivity (Wildman–Crippen MR) is 136 cm³/mol. The van der Waals surface area contributed by atoms with E-state index in [-0.39, 0.29) is 22.5 Å². The highest BCUT2D eigenvalue weighted by molar-refractivity contribution is 7.92. The van der Waals surface area contributed by atoms with E-state index in [0.717, 1.165) is 12.8 Å². The Balaban J connectivity index is 1.53. The lowest BCUT2D eigenvalue weighted by molar-refractivity contribution is 0.0891. The molecule has 3 atom stereocenters. The van der Waals surface area contributed by atoms with Crippen LogP contribution in [0.2, 0.25) is 0 Å². The Morgan fingerprint density at radius 3 is 2.31 bits per heavy atom. The second-order valence-electron chi connectivity index (χ2n) is 9.41. The lowest BCUT2D eigenvalue weighted by atomic mass is 9.78. The van der Waals surface area contributed by atoms with Gasteiger partial charge in [0.05, 0.1) is 16.3 Å². The van der Waals surface area contributed by atoms with Crippen molar-refractivity contribution in [2.45, 2.75) is 51.0 Å². The van der Waals surface area contributed by atoms with Crippen LogP contribution in [-0.4, -0.2) is 29.7 Å². The first kappa shape index (κ1) is 24.8. The molecule has 1 saturated carbocycles. The Labute approximate surface area is 206 Å². The fraction of sp³-hybridized carbons (Fsp3) is 0.385. The molecule has 0 saturated heterocycles. The number of rotatable bonds is 6. The molecule has 0 spiro atoms. The maximum absolute atomic E-state index is 13.1. The van der Waals surface area contributed by atoms with Crippen molar-refractivity contribution in [1.29, 1.82) is 0 Å².